The van der Waals surface area contributed by atoms with Gasteiger partial charge in [0.2, 0.25) is 0 Å². The summed E-state index contributed by atoms with van der Waals surface area (Å²) in [5, 5.41) is 13.1. The van der Waals surface area contributed by atoms with Crippen LogP contribution in [0.4, 0.5) is 10.7 Å². The maximum atomic E-state index is 9.06. The third-order valence-corrected chi connectivity index (χ3v) is 4.32. The number of nitrogens with zero attached hydrogens (tertiary/aromatic N) is 2. The van der Waals surface area contributed by atoms with Crippen LogP contribution in [0, 0.1) is 25.2 Å². The zero-order valence-electron chi connectivity index (χ0n) is 9.41. The Morgan fingerprint density at radius 3 is 2.88 bits per heavy atom. The molecule has 0 aliphatic rings. The van der Waals surface area contributed by atoms with Crippen LogP contribution < -0.4 is 5.32 Å². The first-order chi connectivity index (χ1) is 8.13. The van der Waals surface area contributed by atoms with E-state index in [-0.39, 0.29) is 0 Å². The van der Waals surface area contributed by atoms with Gasteiger partial charge in [-0.15, -0.1) is 0 Å². The number of nitrogens with one attached hydrogen (secondary N) is 1. The minimum Gasteiger partial charge on any atom is -0.344 e. The predicted octanol–water partition coefficient (Wildman–Crippen LogP) is 4.14. The highest BCUT2D eigenvalue weighted by Crippen LogP contribution is 2.32. The Balaban J connectivity index is 2.39. The number of aryl methyl sites for hydroxylation is 2. The van der Waals surface area contributed by atoms with Gasteiger partial charge in [0, 0.05) is 4.47 Å². The van der Waals surface area contributed by atoms with Gasteiger partial charge >= 0.3 is 0 Å². The van der Waals surface area contributed by atoms with Gasteiger partial charge in [-0.25, -0.2) is 0 Å². The molecule has 0 aliphatic carbocycles. The molecule has 1 aromatic heterocycles. The molecule has 0 bridgehead atoms. The average Bonchev–Trinajstić information content (AvgIpc) is 2.66. The van der Waals surface area contributed by atoms with E-state index in [1.807, 2.05) is 32.0 Å². The second kappa shape index (κ2) is 4.86. The SMILES string of the molecule is Cc1cccc(Nc2snc(C)c2C#N)c1Br. The van der Waals surface area contributed by atoms with Gasteiger partial charge in [-0.05, 0) is 52.9 Å². The van der Waals surface area contributed by atoms with Crippen LogP contribution in [0.5, 0.6) is 0 Å². The molecule has 0 fully saturated rings. The minimum absolute atomic E-state index is 0.614. The highest BCUT2D eigenvalue weighted by Gasteiger charge is 2.11. The fourth-order valence-corrected chi connectivity index (χ4v) is 2.58. The normalized spacial score (nSPS) is 10.0. The zero-order valence-corrected chi connectivity index (χ0v) is 11.8. The highest BCUT2D eigenvalue weighted by atomic mass is 79.9. The first-order valence-corrected chi connectivity index (χ1v) is 6.58. The lowest BCUT2D eigenvalue weighted by Gasteiger charge is -2.08. The summed E-state index contributed by atoms with van der Waals surface area (Å²) in [7, 11) is 0. The molecule has 1 heterocycles. The van der Waals surface area contributed by atoms with E-state index < -0.39 is 0 Å². The molecule has 2 aromatic rings. The Morgan fingerprint density at radius 1 is 1.41 bits per heavy atom. The smallest absolute Gasteiger partial charge is 0.132 e. The molecular weight excluding hydrogens is 298 g/mol. The molecule has 0 saturated heterocycles. The van der Waals surface area contributed by atoms with E-state index in [1.165, 1.54) is 11.5 Å². The highest BCUT2D eigenvalue weighted by molar-refractivity contribution is 9.10. The minimum atomic E-state index is 0.614. The number of rotatable bonds is 2. The molecule has 17 heavy (non-hydrogen) atoms. The molecule has 0 amide bonds. The molecule has 0 unspecified atom stereocenters. The molecule has 0 aliphatic heterocycles. The summed E-state index contributed by atoms with van der Waals surface area (Å²) >= 11 is 4.84. The maximum absolute atomic E-state index is 9.06. The summed E-state index contributed by atoms with van der Waals surface area (Å²) in [5.41, 5.74) is 3.48. The van der Waals surface area contributed by atoms with Gasteiger partial charge < -0.3 is 5.32 Å². The van der Waals surface area contributed by atoms with E-state index >= 15 is 0 Å². The molecule has 1 N–H and O–H groups in total. The van der Waals surface area contributed by atoms with Crippen LogP contribution in [0.3, 0.4) is 0 Å². The van der Waals surface area contributed by atoms with Crippen LogP contribution in [0.1, 0.15) is 16.8 Å². The Hall–Kier alpha value is -1.38. The van der Waals surface area contributed by atoms with E-state index in [2.05, 4.69) is 31.7 Å². The Morgan fingerprint density at radius 2 is 2.18 bits per heavy atom. The standard InChI is InChI=1S/C12H10BrN3S/c1-7-4-3-5-10(11(7)13)15-12-9(6-14)8(2)16-17-12/h3-5,15H,1-2H3. The van der Waals surface area contributed by atoms with E-state index in [1.54, 1.807) is 0 Å². The molecule has 2 rings (SSSR count). The molecule has 1 aromatic carbocycles. The monoisotopic (exact) mass is 307 g/mol. The summed E-state index contributed by atoms with van der Waals surface area (Å²) in [6.45, 7) is 3.86. The molecule has 86 valence electrons. The lowest BCUT2D eigenvalue weighted by Crippen LogP contribution is -1.92. The van der Waals surface area contributed by atoms with Crippen molar-refractivity contribution in [3.05, 3.63) is 39.5 Å². The molecular formula is C12H10BrN3S. The van der Waals surface area contributed by atoms with Crippen molar-refractivity contribution in [1.29, 1.82) is 5.26 Å². The zero-order chi connectivity index (χ0) is 12.4. The van der Waals surface area contributed by atoms with Crippen LogP contribution in [-0.4, -0.2) is 4.37 Å². The maximum Gasteiger partial charge on any atom is 0.132 e. The van der Waals surface area contributed by atoms with Crippen molar-refractivity contribution in [2.45, 2.75) is 13.8 Å². The van der Waals surface area contributed by atoms with Crippen molar-refractivity contribution in [3.63, 3.8) is 0 Å². The summed E-state index contributed by atoms with van der Waals surface area (Å²) in [6, 6.07) is 8.13. The fourth-order valence-electron chi connectivity index (χ4n) is 1.45. The van der Waals surface area contributed by atoms with Crippen LogP contribution in [0.2, 0.25) is 0 Å². The van der Waals surface area contributed by atoms with Crippen LogP contribution in [0.15, 0.2) is 22.7 Å². The summed E-state index contributed by atoms with van der Waals surface area (Å²) < 4.78 is 5.19. The van der Waals surface area contributed by atoms with Crippen molar-refractivity contribution in [1.82, 2.24) is 4.37 Å². The van der Waals surface area contributed by atoms with Crippen LogP contribution >= 0.6 is 27.5 Å². The lowest BCUT2D eigenvalue weighted by molar-refractivity contribution is 1.31. The van der Waals surface area contributed by atoms with Gasteiger partial charge in [0.1, 0.15) is 16.6 Å². The first kappa shape index (κ1) is 12.1. The number of hydrogen-bond donors (Lipinski definition) is 1. The largest absolute Gasteiger partial charge is 0.344 e. The third kappa shape index (κ3) is 2.33. The molecule has 5 heteroatoms. The lowest BCUT2D eigenvalue weighted by atomic mass is 10.2. The molecule has 0 radical (unpaired) electrons. The van der Waals surface area contributed by atoms with Gasteiger partial charge in [-0.3, -0.25) is 0 Å². The van der Waals surface area contributed by atoms with E-state index in [0.717, 1.165) is 26.4 Å². The van der Waals surface area contributed by atoms with Gasteiger partial charge in [-0.2, -0.15) is 9.64 Å². The van der Waals surface area contributed by atoms with Gasteiger partial charge in [-0.1, -0.05) is 12.1 Å². The van der Waals surface area contributed by atoms with Crippen molar-refractivity contribution in [3.8, 4) is 6.07 Å². The van der Waals surface area contributed by atoms with Crippen LogP contribution in [-0.2, 0) is 0 Å². The van der Waals surface area contributed by atoms with Gasteiger partial charge in [0.05, 0.1) is 11.4 Å². The topological polar surface area (TPSA) is 48.7 Å². The Bertz CT molecular complexity index is 598. The Kier molecular flexibility index (Phi) is 3.46. The second-order valence-electron chi connectivity index (χ2n) is 3.65. The van der Waals surface area contributed by atoms with E-state index in [4.69, 9.17) is 5.26 Å². The number of hydrogen-bond acceptors (Lipinski definition) is 4. The second-order valence-corrected chi connectivity index (χ2v) is 5.21. The molecule has 0 atom stereocenters. The number of anilines is 2. The molecule has 0 saturated carbocycles. The number of halogens is 1. The Labute approximate surface area is 112 Å². The summed E-state index contributed by atoms with van der Waals surface area (Å²) in [6.07, 6.45) is 0. The van der Waals surface area contributed by atoms with E-state index in [9.17, 15) is 0 Å². The predicted molar refractivity (Wildman–Crippen MR) is 73.7 cm³/mol. The number of aromatic nitrogens is 1. The van der Waals surface area contributed by atoms with Crippen molar-refractivity contribution in [2.24, 2.45) is 0 Å². The number of nitriles is 1. The number of benzene rings is 1. The molecule has 3 nitrogen and oxygen atoms in total. The van der Waals surface area contributed by atoms with Crippen molar-refractivity contribution >= 4 is 38.2 Å². The summed E-state index contributed by atoms with van der Waals surface area (Å²) in [5.74, 6) is 0. The fraction of sp³-hybridized carbons (Fsp3) is 0.167. The van der Waals surface area contributed by atoms with Crippen LogP contribution in [0.25, 0.3) is 0 Å². The van der Waals surface area contributed by atoms with Crippen molar-refractivity contribution in [2.75, 3.05) is 5.32 Å². The quantitative estimate of drug-likeness (QED) is 0.907. The van der Waals surface area contributed by atoms with E-state index in [0.29, 0.717) is 5.56 Å². The first-order valence-electron chi connectivity index (χ1n) is 5.02. The average molecular weight is 308 g/mol. The molecule has 0 spiro atoms. The van der Waals surface area contributed by atoms with Gasteiger partial charge in [0.15, 0.2) is 0 Å². The van der Waals surface area contributed by atoms with Crippen molar-refractivity contribution < 1.29 is 0 Å². The van der Waals surface area contributed by atoms with Gasteiger partial charge in [0.25, 0.3) is 0 Å². The third-order valence-electron chi connectivity index (χ3n) is 2.41. The summed E-state index contributed by atoms with van der Waals surface area (Å²) in [4.78, 5) is 0.